The van der Waals surface area contributed by atoms with E-state index in [2.05, 4.69) is 15.9 Å². The second-order valence-electron chi connectivity index (χ2n) is 4.23. The minimum Gasteiger partial charge on any atom is -0.289 e. The van der Waals surface area contributed by atoms with Crippen molar-refractivity contribution in [2.75, 3.05) is 0 Å². The number of benzene rings is 2. The normalized spacial score (nSPS) is 10.4. The number of halogens is 2. The van der Waals surface area contributed by atoms with Crippen LogP contribution in [0.1, 0.15) is 27.0 Å². The fraction of sp³-hybridized carbons (Fsp3) is 0.133. The van der Waals surface area contributed by atoms with Crippen LogP contribution in [0.3, 0.4) is 0 Å². The molecular weight excluding hydrogens is 312 g/mol. The third-order valence-electron chi connectivity index (χ3n) is 2.87. The molecule has 2 aromatic rings. The van der Waals surface area contributed by atoms with Crippen LogP contribution >= 0.6 is 27.5 Å². The van der Waals surface area contributed by atoms with Crippen molar-refractivity contribution in [3.05, 3.63) is 68.1 Å². The van der Waals surface area contributed by atoms with E-state index < -0.39 is 0 Å². The van der Waals surface area contributed by atoms with E-state index in [1.807, 2.05) is 50.2 Å². The van der Waals surface area contributed by atoms with Gasteiger partial charge in [0.25, 0.3) is 0 Å². The molecule has 18 heavy (non-hydrogen) atoms. The van der Waals surface area contributed by atoms with Crippen LogP contribution in [0.25, 0.3) is 0 Å². The van der Waals surface area contributed by atoms with Gasteiger partial charge in [0.15, 0.2) is 5.78 Å². The smallest absolute Gasteiger partial charge is 0.194 e. The van der Waals surface area contributed by atoms with Gasteiger partial charge in [-0.15, -0.1) is 0 Å². The Morgan fingerprint density at radius 2 is 1.72 bits per heavy atom. The molecule has 0 aliphatic carbocycles. The Kier molecular flexibility index (Phi) is 3.88. The Labute approximate surface area is 120 Å². The third kappa shape index (κ3) is 2.50. The van der Waals surface area contributed by atoms with E-state index in [0.29, 0.717) is 16.1 Å². The summed E-state index contributed by atoms with van der Waals surface area (Å²) in [4.78, 5) is 12.5. The zero-order chi connectivity index (χ0) is 13.3. The van der Waals surface area contributed by atoms with Crippen molar-refractivity contribution in [1.82, 2.24) is 0 Å². The predicted octanol–water partition coefficient (Wildman–Crippen LogP) is 4.95. The molecule has 0 fully saturated rings. The van der Waals surface area contributed by atoms with Crippen molar-refractivity contribution in [2.24, 2.45) is 0 Å². The summed E-state index contributed by atoms with van der Waals surface area (Å²) in [6.07, 6.45) is 0. The van der Waals surface area contributed by atoms with Gasteiger partial charge in [-0.1, -0.05) is 39.7 Å². The lowest BCUT2D eigenvalue weighted by molar-refractivity contribution is 0.103. The summed E-state index contributed by atoms with van der Waals surface area (Å²) >= 11 is 9.45. The molecule has 3 heteroatoms. The zero-order valence-electron chi connectivity index (χ0n) is 10.1. The summed E-state index contributed by atoms with van der Waals surface area (Å²) in [7, 11) is 0. The predicted molar refractivity (Wildman–Crippen MR) is 78.5 cm³/mol. The molecule has 0 aromatic heterocycles. The third-order valence-corrected chi connectivity index (χ3v) is 3.97. The summed E-state index contributed by atoms with van der Waals surface area (Å²) in [5.41, 5.74) is 3.18. The van der Waals surface area contributed by atoms with Crippen LogP contribution in [-0.4, -0.2) is 5.78 Å². The number of carbonyl (C=O) groups excluding carboxylic acids is 1. The van der Waals surface area contributed by atoms with Gasteiger partial charge in [-0.25, -0.2) is 0 Å². The monoisotopic (exact) mass is 322 g/mol. The Balaban J connectivity index is 2.53. The average Bonchev–Trinajstić information content (AvgIpc) is 2.33. The van der Waals surface area contributed by atoms with Gasteiger partial charge in [-0.2, -0.15) is 0 Å². The first-order chi connectivity index (χ1) is 8.50. The van der Waals surface area contributed by atoms with Gasteiger partial charge < -0.3 is 0 Å². The quantitative estimate of drug-likeness (QED) is 0.715. The molecule has 0 N–H and O–H groups in total. The van der Waals surface area contributed by atoms with Gasteiger partial charge in [0.2, 0.25) is 0 Å². The summed E-state index contributed by atoms with van der Waals surface area (Å²) < 4.78 is 0.807. The van der Waals surface area contributed by atoms with Gasteiger partial charge in [0, 0.05) is 20.6 Å². The van der Waals surface area contributed by atoms with Crippen molar-refractivity contribution < 1.29 is 4.79 Å². The molecule has 0 amide bonds. The number of aryl methyl sites for hydroxylation is 2. The van der Waals surface area contributed by atoms with Crippen molar-refractivity contribution in [1.29, 1.82) is 0 Å². The fourth-order valence-corrected chi connectivity index (χ4v) is 2.50. The molecule has 1 nitrogen and oxygen atoms in total. The second kappa shape index (κ2) is 5.25. The average molecular weight is 324 g/mol. The topological polar surface area (TPSA) is 17.1 Å². The van der Waals surface area contributed by atoms with Crippen molar-refractivity contribution in [3.8, 4) is 0 Å². The molecule has 0 radical (unpaired) electrons. The standard InChI is InChI=1S/C15H12BrClO/c1-9-8-14(17)10(2)7-12(9)15(18)11-5-3-4-6-13(11)16/h3-8H,1-2H3. The molecular formula is C15H12BrClO. The molecule has 0 saturated heterocycles. The Hall–Kier alpha value is -1.12. The van der Waals surface area contributed by atoms with Crippen LogP contribution in [0.5, 0.6) is 0 Å². The Bertz CT molecular complexity index is 620. The van der Waals surface area contributed by atoms with E-state index >= 15 is 0 Å². The van der Waals surface area contributed by atoms with E-state index in [-0.39, 0.29) is 5.78 Å². The van der Waals surface area contributed by atoms with Crippen molar-refractivity contribution in [2.45, 2.75) is 13.8 Å². The van der Waals surface area contributed by atoms with Gasteiger partial charge in [-0.3, -0.25) is 4.79 Å². The lowest BCUT2D eigenvalue weighted by atomic mass is 9.97. The second-order valence-corrected chi connectivity index (χ2v) is 5.49. The fourth-order valence-electron chi connectivity index (χ4n) is 1.82. The first-order valence-electron chi connectivity index (χ1n) is 5.56. The summed E-state index contributed by atoms with van der Waals surface area (Å²) in [5.74, 6) is 0.0136. The van der Waals surface area contributed by atoms with Gasteiger partial charge in [0.1, 0.15) is 0 Å². The molecule has 2 rings (SSSR count). The van der Waals surface area contributed by atoms with E-state index in [0.717, 1.165) is 15.6 Å². The van der Waals surface area contributed by atoms with Crippen LogP contribution in [0, 0.1) is 13.8 Å². The van der Waals surface area contributed by atoms with Crippen LogP contribution in [0.2, 0.25) is 5.02 Å². The highest BCUT2D eigenvalue weighted by Crippen LogP contribution is 2.25. The highest BCUT2D eigenvalue weighted by molar-refractivity contribution is 9.10. The van der Waals surface area contributed by atoms with E-state index in [1.165, 1.54) is 0 Å². The summed E-state index contributed by atoms with van der Waals surface area (Å²) in [6.45, 7) is 3.80. The Morgan fingerprint density at radius 1 is 1.06 bits per heavy atom. The molecule has 0 aliphatic heterocycles. The van der Waals surface area contributed by atoms with Gasteiger partial charge in [-0.05, 0) is 49.2 Å². The van der Waals surface area contributed by atoms with Gasteiger partial charge >= 0.3 is 0 Å². The summed E-state index contributed by atoms with van der Waals surface area (Å²) in [5, 5.41) is 0.691. The van der Waals surface area contributed by atoms with Crippen molar-refractivity contribution >= 4 is 33.3 Å². The first kappa shape index (κ1) is 13.3. The highest BCUT2D eigenvalue weighted by Gasteiger charge is 2.15. The zero-order valence-corrected chi connectivity index (χ0v) is 12.5. The Morgan fingerprint density at radius 3 is 2.39 bits per heavy atom. The van der Waals surface area contributed by atoms with Crippen molar-refractivity contribution in [3.63, 3.8) is 0 Å². The molecule has 0 bridgehead atoms. The maximum atomic E-state index is 12.5. The van der Waals surface area contributed by atoms with Crippen LogP contribution in [0.4, 0.5) is 0 Å². The number of ketones is 1. The molecule has 0 heterocycles. The largest absolute Gasteiger partial charge is 0.289 e. The number of rotatable bonds is 2. The molecule has 0 spiro atoms. The SMILES string of the molecule is Cc1cc(C(=O)c2ccccc2Br)c(C)cc1Cl. The molecule has 92 valence electrons. The maximum absolute atomic E-state index is 12.5. The first-order valence-corrected chi connectivity index (χ1v) is 6.74. The lowest BCUT2D eigenvalue weighted by Crippen LogP contribution is -2.05. The van der Waals surface area contributed by atoms with Crippen LogP contribution in [0.15, 0.2) is 40.9 Å². The highest BCUT2D eigenvalue weighted by atomic mass is 79.9. The molecule has 0 aliphatic rings. The molecule has 0 atom stereocenters. The molecule has 0 unspecified atom stereocenters. The molecule has 0 saturated carbocycles. The van der Waals surface area contributed by atoms with Crippen LogP contribution in [-0.2, 0) is 0 Å². The summed E-state index contributed by atoms with van der Waals surface area (Å²) in [6, 6.07) is 11.1. The van der Waals surface area contributed by atoms with E-state index in [1.54, 1.807) is 0 Å². The lowest BCUT2D eigenvalue weighted by Gasteiger charge is -2.09. The van der Waals surface area contributed by atoms with Gasteiger partial charge in [0.05, 0.1) is 0 Å². The van der Waals surface area contributed by atoms with Crippen LogP contribution < -0.4 is 0 Å². The number of carbonyl (C=O) groups is 1. The van der Waals surface area contributed by atoms with E-state index in [4.69, 9.17) is 11.6 Å². The minimum atomic E-state index is 0.0136. The minimum absolute atomic E-state index is 0.0136. The molecule has 2 aromatic carbocycles. The maximum Gasteiger partial charge on any atom is 0.194 e. The van der Waals surface area contributed by atoms with E-state index in [9.17, 15) is 4.79 Å². The number of hydrogen-bond donors (Lipinski definition) is 0. The number of hydrogen-bond acceptors (Lipinski definition) is 1.